The van der Waals surface area contributed by atoms with Crippen LogP contribution in [-0.4, -0.2) is 30.5 Å². The Labute approximate surface area is 125 Å². The molecule has 1 aromatic rings. The van der Waals surface area contributed by atoms with Gasteiger partial charge in [-0.1, -0.05) is 31.7 Å². The van der Waals surface area contributed by atoms with Crippen molar-refractivity contribution in [1.29, 1.82) is 0 Å². The van der Waals surface area contributed by atoms with Crippen LogP contribution in [0.3, 0.4) is 0 Å². The summed E-state index contributed by atoms with van der Waals surface area (Å²) in [5.41, 5.74) is 0.408. The molecule has 1 aromatic carbocycles. The van der Waals surface area contributed by atoms with E-state index in [4.69, 9.17) is 9.47 Å². The van der Waals surface area contributed by atoms with Crippen LogP contribution >= 0.6 is 11.8 Å². The molecule has 0 amide bonds. The summed E-state index contributed by atoms with van der Waals surface area (Å²) in [5, 5.41) is 0.344. The van der Waals surface area contributed by atoms with Crippen LogP contribution in [0.1, 0.15) is 20.8 Å². The van der Waals surface area contributed by atoms with Crippen molar-refractivity contribution in [2.24, 2.45) is 0 Å². The van der Waals surface area contributed by atoms with Crippen molar-refractivity contribution in [2.45, 2.75) is 37.0 Å². The largest absolute Gasteiger partial charge is 0.460 e. The van der Waals surface area contributed by atoms with Gasteiger partial charge in [0.05, 0.1) is 12.7 Å². The van der Waals surface area contributed by atoms with E-state index in [9.17, 15) is 4.79 Å². The zero-order valence-corrected chi connectivity index (χ0v) is 13.1. The molecular weight excluding hydrogens is 272 g/mol. The van der Waals surface area contributed by atoms with E-state index in [-0.39, 0.29) is 18.7 Å². The van der Waals surface area contributed by atoms with Crippen LogP contribution in [0, 0.1) is 0 Å². The third kappa shape index (κ3) is 6.78. The number of esters is 1. The third-order valence-electron chi connectivity index (χ3n) is 2.49. The number of hydrogen-bond donors (Lipinski definition) is 0. The lowest BCUT2D eigenvalue weighted by molar-refractivity contribution is -0.142. The van der Waals surface area contributed by atoms with Crippen LogP contribution < -0.4 is 0 Å². The summed E-state index contributed by atoms with van der Waals surface area (Å²) in [6.07, 6.45) is -0.114. The first kappa shape index (κ1) is 16.8. The molecule has 1 rings (SSSR count). The minimum Gasteiger partial charge on any atom is -0.460 e. The van der Waals surface area contributed by atoms with Crippen molar-refractivity contribution in [1.82, 2.24) is 0 Å². The molecule has 2 unspecified atom stereocenters. The van der Waals surface area contributed by atoms with E-state index in [1.54, 1.807) is 18.7 Å². The van der Waals surface area contributed by atoms with Crippen molar-refractivity contribution < 1.29 is 14.3 Å². The normalized spacial score (nSPS) is 13.6. The Morgan fingerprint density at radius 1 is 1.25 bits per heavy atom. The van der Waals surface area contributed by atoms with Crippen molar-refractivity contribution in [2.75, 3.05) is 13.2 Å². The fraction of sp³-hybridized carbons (Fsp3) is 0.438. The molecule has 0 aliphatic rings. The minimum absolute atomic E-state index is 0.114. The topological polar surface area (TPSA) is 35.5 Å². The van der Waals surface area contributed by atoms with Crippen LogP contribution in [0.15, 0.2) is 47.4 Å². The van der Waals surface area contributed by atoms with Gasteiger partial charge in [-0.15, -0.1) is 11.8 Å². The fourth-order valence-electron chi connectivity index (χ4n) is 1.43. The molecule has 0 fully saturated rings. The SMILES string of the molecule is C=C(C)C(=O)OCC(C)OCC(C)Sc1ccccc1. The highest BCUT2D eigenvalue weighted by atomic mass is 32.2. The highest BCUT2D eigenvalue weighted by Crippen LogP contribution is 2.22. The molecule has 4 heteroatoms. The van der Waals surface area contributed by atoms with Gasteiger partial charge in [-0.3, -0.25) is 0 Å². The van der Waals surface area contributed by atoms with E-state index in [0.29, 0.717) is 17.4 Å². The average molecular weight is 294 g/mol. The number of benzene rings is 1. The van der Waals surface area contributed by atoms with Gasteiger partial charge in [0.1, 0.15) is 6.61 Å². The molecule has 0 N–H and O–H groups in total. The van der Waals surface area contributed by atoms with Gasteiger partial charge in [0.15, 0.2) is 0 Å². The van der Waals surface area contributed by atoms with Gasteiger partial charge >= 0.3 is 5.97 Å². The highest BCUT2D eigenvalue weighted by molar-refractivity contribution is 8.00. The van der Waals surface area contributed by atoms with Gasteiger partial charge in [0, 0.05) is 15.7 Å². The Bertz CT molecular complexity index is 431. The first-order valence-electron chi connectivity index (χ1n) is 6.65. The lowest BCUT2D eigenvalue weighted by Crippen LogP contribution is -2.22. The van der Waals surface area contributed by atoms with Gasteiger partial charge in [0.2, 0.25) is 0 Å². The monoisotopic (exact) mass is 294 g/mol. The molecule has 0 heterocycles. The molecule has 2 atom stereocenters. The number of hydrogen-bond acceptors (Lipinski definition) is 4. The smallest absolute Gasteiger partial charge is 0.333 e. The lowest BCUT2D eigenvalue weighted by atomic mass is 10.3. The maximum atomic E-state index is 11.2. The number of thioether (sulfide) groups is 1. The van der Waals surface area contributed by atoms with Crippen molar-refractivity contribution in [3.63, 3.8) is 0 Å². The third-order valence-corrected chi connectivity index (χ3v) is 3.58. The number of rotatable bonds is 8. The standard InChI is InChI=1S/C16H22O3S/c1-12(2)16(17)19-10-13(3)18-11-14(4)20-15-8-6-5-7-9-15/h5-9,13-14H,1,10-11H2,2-4H3. The Hall–Kier alpha value is -1.26. The molecule has 0 saturated heterocycles. The maximum absolute atomic E-state index is 11.2. The summed E-state index contributed by atoms with van der Waals surface area (Å²) < 4.78 is 10.7. The van der Waals surface area contributed by atoms with Crippen molar-refractivity contribution in [3.05, 3.63) is 42.5 Å². The predicted molar refractivity (Wildman–Crippen MR) is 82.9 cm³/mol. The Morgan fingerprint density at radius 3 is 2.50 bits per heavy atom. The van der Waals surface area contributed by atoms with E-state index in [1.165, 1.54) is 4.90 Å². The molecule has 0 radical (unpaired) electrons. The predicted octanol–water partition coefficient (Wildman–Crippen LogP) is 3.69. The van der Waals surface area contributed by atoms with Crippen LogP contribution in [-0.2, 0) is 14.3 Å². The number of ether oxygens (including phenoxy) is 2. The average Bonchev–Trinajstić information content (AvgIpc) is 2.43. The summed E-state index contributed by atoms with van der Waals surface area (Å²) in [5.74, 6) is -0.368. The minimum atomic E-state index is -0.368. The van der Waals surface area contributed by atoms with Gasteiger partial charge in [-0.25, -0.2) is 4.79 Å². The molecule has 0 aromatic heterocycles. The molecule has 110 valence electrons. The second-order valence-corrected chi connectivity index (χ2v) is 6.28. The van der Waals surface area contributed by atoms with E-state index in [2.05, 4.69) is 25.6 Å². The first-order valence-corrected chi connectivity index (χ1v) is 7.53. The number of carbonyl (C=O) groups excluding carboxylic acids is 1. The van der Waals surface area contributed by atoms with Crippen LogP contribution in [0.4, 0.5) is 0 Å². The first-order chi connectivity index (χ1) is 9.49. The Morgan fingerprint density at radius 2 is 1.90 bits per heavy atom. The van der Waals surface area contributed by atoms with Gasteiger partial charge in [-0.05, 0) is 26.0 Å². The molecule has 0 spiro atoms. The summed E-state index contributed by atoms with van der Waals surface area (Å²) in [4.78, 5) is 12.5. The van der Waals surface area contributed by atoms with E-state index < -0.39 is 0 Å². The molecule has 0 saturated carbocycles. The van der Waals surface area contributed by atoms with Crippen LogP contribution in [0.2, 0.25) is 0 Å². The zero-order chi connectivity index (χ0) is 15.0. The van der Waals surface area contributed by atoms with E-state index in [1.807, 2.05) is 25.1 Å². The molecule has 3 nitrogen and oxygen atoms in total. The highest BCUT2D eigenvalue weighted by Gasteiger charge is 2.11. The van der Waals surface area contributed by atoms with E-state index in [0.717, 1.165) is 0 Å². The maximum Gasteiger partial charge on any atom is 0.333 e. The Balaban J connectivity index is 2.22. The molecule has 0 aliphatic carbocycles. The van der Waals surface area contributed by atoms with Crippen molar-refractivity contribution >= 4 is 17.7 Å². The van der Waals surface area contributed by atoms with Crippen LogP contribution in [0.5, 0.6) is 0 Å². The van der Waals surface area contributed by atoms with E-state index >= 15 is 0 Å². The molecule has 20 heavy (non-hydrogen) atoms. The summed E-state index contributed by atoms with van der Waals surface area (Å²) in [7, 11) is 0. The second kappa shape index (κ2) is 8.82. The quantitative estimate of drug-likeness (QED) is 0.416. The summed E-state index contributed by atoms with van der Waals surface area (Å²) in [6, 6.07) is 10.2. The summed E-state index contributed by atoms with van der Waals surface area (Å²) >= 11 is 1.77. The Kier molecular flexibility index (Phi) is 7.41. The van der Waals surface area contributed by atoms with Gasteiger partial charge in [-0.2, -0.15) is 0 Å². The molecule has 0 bridgehead atoms. The number of carbonyl (C=O) groups is 1. The fourth-order valence-corrected chi connectivity index (χ4v) is 2.36. The molecule has 0 aliphatic heterocycles. The van der Waals surface area contributed by atoms with Gasteiger partial charge in [0.25, 0.3) is 0 Å². The van der Waals surface area contributed by atoms with Gasteiger partial charge < -0.3 is 9.47 Å². The molecular formula is C16H22O3S. The zero-order valence-electron chi connectivity index (χ0n) is 12.3. The van der Waals surface area contributed by atoms with Crippen molar-refractivity contribution in [3.8, 4) is 0 Å². The van der Waals surface area contributed by atoms with Crippen LogP contribution in [0.25, 0.3) is 0 Å². The second-order valence-electron chi connectivity index (χ2n) is 4.76. The lowest BCUT2D eigenvalue weighted by Gasteiger charge is -2.17. The summed E-state index contributed by atoms with van der Waals surface area (Å²) in [6.45, 7) is 10.1.